The van der Waals surface area contributed by atoms with Crippen LogP contribution in [0.25, 0.3) is 0 Å². The van der Waals surface area contributed by atoms with Gasteiger partial charge in [-0.25, -0.2) is 4.79 Å². The summed E-state index contributed by atoms with van der Waals surface area (Å²) in [5.41, 5.74) is 3.42. The fraction of sp³-hybridized carbons (Fsp3) is 0.273. The molecule has 30 heavy (non-hydrogen) atoms. The van der Waals surface area contributed by atoms with Crippen molar-refractivity contribution in [2.24, 2.45) is 0 Å². The van der Waals surface area contributed by atoms with Crippen molar-refractivity contribution >= 4 is 17.7 Å². The lowest BCUT2D eigenvalue weighted by molar-refractivity contribution is -0.120. The molecular formula is C22H24N4O4. The van der Waals surface area contributed by atoms with Gasteiger partial charge in [0.1, 0.15) is 0 Å². The van der Waals surface area contributed by atoms with Crippen LogP contribution in [-0.4, -0.2) is 39.5 Å². The minimum Gasteiger partial charge on any atom is -0.465 e. The third-order valence-electron chi connectivity index (χ3n) is 4.89. The van der Waals surface area contributed by atoms with Crippen LogP contribution in [0.3, 0.4) is 0 Å². The first-order valence-corrected chi connectivity index (χ1v) is 9.52. The van der Waals surface area contributed by atoms with E-state index in [0.717, 1.165) is 11.1 Å². The number of esters is 1. The van der Waals surface area contributed by atoms with E-state index in [9.17, 15) is 14.4 Å². The van der Waals surface area contributed by atoms with E-state index in [0.29, 0.717) is 30.0 Å². The summed E-state index contributed by atoms with van der Waals surface area (Å²) in [6.45, 7) is 4.00. The minimum absolute atomic E-state index is 0.0696. The largest absolute Gasteiger partial charge is 0.465 e. The summed E-state index contributed by atoms with van der Waals surface area (Å²) in [4.78, 5) is 39.5. The number of methoxy groups -OCH3 is 1. The lowest BCUT2D eigenvalue weighted by Crippen LogP contribution is -2.26. The maximum atomic E-state index is 12.6. The van der Waals surface area contributed by atoms with Gasteiger partial charge in [-0.1, -0.05) is 24.3 Å². The van der Waals surface area contributed by atoms with Gasteiger partial charge in [0.2, 0.25) is 5.91 Å². The van der Waals surface area contributed by atoms with Crippen molar-refractivity contribution in [2.75, 3.05) is 7.11 Å². The molecule has 0 bridgehead atoms. The van der Waals surface area contributed by atoms with E-state index in [1.54, 1.807) is 13.1 Å². The number of nitrogens with zero attached hydrogens (tertiary/aromatic N) is 2. The lowest BCUT2D eigenvalue weighted by atomic mass is 10.1. The number of benzene rings is 1. The Bertz CT molecular complexity index is 1070. The average molecular weight is 408 g/mol. The first-order chi connectivity index (χ1) is 14.4. The van der Waals surface area contributed by atoms with Gasteiger partial charge in [-0.3, -0.25) is 14.3 Å². The predicted molar refractivity (Wildman–Crippen MR) is 110 cm³/mol. The molecule has 3 aromatic rings. The van der Waals surface area contributed by atoms with Crippen molar-refractivity contribution in [3.8, 4) is 0 Å². The maximum Gasteiger partial charge on any atom is 0.339 e. The van der Waals surface area contributed by atoms with Crippen LogP contribution in [0.1, 0.15) is 50.2 Å². The molecule has 0 aliphatic rings. The topological polar surface area (TPSA) is 106 Å². The van der Waals surface area contributed by atoms with Crippen LogP contribution in [0, 0.1) is 6.92 Å². The Labute approximate surface area is 174 Å². The molecule has 0 spiro atoms. The Morgan fingerprint density at radius 3 is 2.53 bits per heavy atom. The molecule has 8 nitrogen and oxygen atoms in total. The van der Waals surface area contributed by atoms with E-state index in [2.05, 4.69) is 15.4 Å². The zero-order valence-corrected chi connectivity index (χ0v) is 17.2. The molecule has 3 rings (SSSR count). The van der Waals surface area contributed by atoms with E-state index >= 15 is 0 Å². The zero-order chi connectivity index (χ0) is 21.7. The van der Waals surface area contributed by atoms with E-state index in [1.165, 1.54) is 14.0 Å². The fourth-order valence-corrected chi connectivity index (χ4v) is 3.39. The van der Waals surface area contributed by atoms with E-state index in [4.69, 9.17) is 4.74 Å². The van der Waals surface area contributed by atoms with Crippen LogP contribution in [0.15, 0.2) is 42.7 Å². The molecule has 0 aliphatic carbocycles. The number of hydrogen-bond donors (Lipinski definition) is 2. The summed E-state index contributed by atoms with van der Waals surface area (Å²) in [7, 11) is 1.27. The molecule has 0 saturated heterocycles. The second-order valence-corrected chi connectivity index (χ2v) is 6.95. The van der Waals surface area contributed by atoms with E-state index < -0.39 is 5.97 Å². The van der Waals surface area contributed by atoms with Crippen LogP contribution in [-0.2, 0) is 29.0 Å². The van der Waals surface area contributed by atoms with Gasteiger partial charge in [-0.2, -0.15) is 5.10 Å². The molecular weight excluding hydrogens is 384 g/mol. The molecule has 1 amide bonds. The molecule has 2 heterocycles. The monoisotopic (exact) mass is 408 g/mol. The summed E-state index contributed by atoms with van der Waals surface area (Å²) in [5, 5.41) is 7.10. The molecule has 2 aromatic heterocycles. The molecule has 0 aliphatic heterocycles. The zero-order valence-electron chi connectivity index (χ0n) is 17.2. The molecule has 0 saturated carbocycles. The number of amides is 1. The number of rotatable bonds is 8. The van der Waals surface area contributed by atoms with Gasteiger partial charge >= 0.3 is 5.97 Å². The SMILES string of the molecule is COC(=O)c1c(CC(=O)NCc2ccccc2Cn2cccn2)[nH]c(C(C)=O)c1C. The van der Waals surface area contributed by atoms with Gasteiger partial charge in [0.15, 0.2) is 5.78 Å². The average Bonchev–Trinajstić information content (AvgIpc) is 3.34. The van der Waals surface area contributed by atoms with Crippen molar-refractivity contribution in [2.45, 2.75) is 33.4 Å². The van der Waals surface area contributed by atoms with Crippen molar-refractivity contribution in [3.05, 3.63) is 76.4 Å². The number of hydrogen-bond acceptors (Lipinski definition) is 5. The highest BCUT2D eigenvalue weighted by atomic mass is 16.5. The normalized spacial score (nSPS) is 10.6. The number of Topliss-reactive ketones (excluding diaryl/α,β-unsaturated/α-hetero) is 1. The van der Waals surface area contributed by atoms with Crippen LogP contribution >= 0.6 is 0 Å². The van der Waals surface area contributed by atoms with Gasteiger partial charge in [-0.05, 0) is 29.7 Å². The predicted octanol–water partition coefficient (Wildman–Crippen LogP) is 2.42. The van der Waals surface area contributed by atoms with Crippen molar-refractivity contribution in [1.29, 1.82) is 0 Å². The van der Waals surface area contributed by atoms with Gasteiger partial charge in [-0.15, -0.1) is 0 Å². The molecule has 8 heteroatoms. The summed E-state index contributed by atoms with van der Waals surface area (Å²) in [5.74, 6) is -1.06. The van der Waals surface area contributed by atoms with Crippen LogP contribution < -0.4 is 5.32 Å². The van der Waals surface area contributed by atoms with Crippen LogP contribution in [0.5, 0.6) is 0 Å². The smallest absolute Gasteiger partial charge is 0.339 e. The number of aromatic nitrogens is 3. The quantitative estimate of drug-likeness (QED) is 0.440. The Morgan fingerprint density at radius 2 is 1.90 bits per heavy atom. The number of nitrogens with one attached hydrogen (secondary N) is 2. The Balaban J connectivity index is 1.72. The Hall–Kier alpha value is -3.68. The first kappa shape index (κ1) is 21.0. The first-order valence-electron chi connectivity index (χ1n) is 9.52. The molecule has 2 N–H and O–H groups in total. The highest BCUT2D eigenvalue weighted by Crippen LogP contribution is 2.21. The Kier molecular flexibility index (Phi) is 6.46. The van der Waals surface area contributed by atoms with Crippen LogP contribution in [0.2, 0.25) is 0 Å². The second-order valence-electron chi connectivity index (χ2n) is 6.95. The third-order valence-corrected chi connectivity index (χ3v) is 4.89. The van der Waals surface area contributed by atoms with Crippen molar-refractivity contribution < 1.29 is 19.1 Å². The van der Waals surface area contributed by atoms with E-state index in [-0.39, 0.29) is 23.7 Å². The summed E-state index contributed by atoms with van der Waals surface area (Å²) in [6, 6.07) is 9.66. The number of carbonyl (C=O) groups excluding carboxylic acids is 3. The summed E-state index contributed by atoms with van der Waals surface area (Å²) < 4.78 is 6.63. The Morgan fingerprint density at radius 1 is 1.17 bits per heavy atom. The van der Waals surface area contributed by atoms with Gasteiger partial charge in [0.05, 0.1) is 31.3 Å². The fourth-order valence-electron chi connectivity index (χ4n) is 3.39. The van der Waals surface area contributed by atoms with Crippen molar-refractivity contribution in [1.82, 2.24) is 20.1 Å². The van der Waals surface area contributed by atoms with Crippen LogP contribution in [0.4, 0.5) is 0 Å². The molecule has 156 valence electrons. The number of ether oxygens (including phenoxy) is 1. The summed E-state index contributed by atoms with van der Waals surface area (Å²) >= 11 is 0. The molecule has 0 fully saturated rings. The maximum absolute atomic E-state index is 12.6. The standard InChI is InChI=1S/C22H24N4O4/c1-14-20(22(29)30-3)18(25-21(14)15(2)27)11-19(28)23-12-16-7-4-5-8-17(16)13-26-10-6-9-24-26/h4-10,25H,11-13H2,1-3H3,(H,23,28). The number of carbonyl (C=O) groups is 3. The molecule has 0 unspecified atom stereocenters. The minimum atomic E-state index is -0.580. The number of aromatic amines is 1. The third kappa shape index (κ3) is 4.65. The molecule has 1 aromatic carbocycles. The number of ketones is 1. The lowest BCUT2D eigenvalue weighted by Gasteiger charge is -2.11. The summed E-state index contributed by atoms with van der Waals surface area (Å²) in [6.07, 6.45) is 3.53. The highest BCUT2D eigenvalue weighted by molar-refractivity contribution is 6.01. The van der Waals surface area contributed by atoms with Crippen molar-refractivity contribution in [3.63, 3.8) is 0 Å². The van der Waals surface area contributed by atoms with Gasteiger partial charge < -0.3 is 15.0 Å². The van der Waals surface area contributed by atoms with E-state index in [1.807, 2.05) is 41.2 Å². The second kappa shape index (κ2) is 9.21. The number of H-pyrrole nitrogens is 1. The molecule has 0 radical (unpaired) electrons. The van der Waals surface area contributed by atoms with Gasteiger partial charge in [0, 0.05) is 31.6 Å². The van der Waals surface area contributed by atoms with Gasteiger partial charge in [0.25, 0.3) is 0 Å². The molecule has 0 atom stereocenters. The highest BCUT2D eigenvalue weighted by Gasteiger charge is 2.24.